The van der Waals surface area contributed by atoms with E-state index < -0.39 is 49.5 Å². The average Bonchev–Trinajstić information content (AvgIpc) is 2.65. The summed E-state index contributed by atoms with van der Waals surface area (Å²) in [5.74, 6) is -0.529. The molecule has 2 aliphatic rings. The highest BCUT2D eigenvalue weighted by molar-refractivity contribution is 5.97. The zero-order valence-electron chi connectivity index (χ0n) is 13.6. The molecule has 0 aromatic heterocycles. The molecular formula is C15H19NO10. The van der Waals surface area contributed by atoms with Crippen molar-refractivity contribution in [1.29, 1.82) is 0 Å². The van der Waals surface area contributed by atoms with Crippen LogP contribution in [-0.2, 0) is 14.3 Å². The smallest absolute Gasteiger partial charge is 0.320 e. The number of carbonyl (C=O) groups is 1. The molecule has 1 saturated heterocycles. The van der Waals surface area contributed by atoms with Gasteiger partial charge in [-0.3, -0.25) is 10.0 Å². The van der Waals surface area contributed by atoms with Gasteiger partial charge in [-0.2, -0.15) is 5.06 Å². The Kier molecular flexibility index (Phi) is 5.29. The highest BCUT2D eigenvalue weighted by atomic mass is 16.8. The molecule has 1 aromatic rings. The number of ether oxygens (including phenoxy) is 4. The summed E-state index contributed by atoms with van der Waals surface area (Å²) in [6, 6.07) is 4.32. The van der Waals surface area contributed by atoms with E-state index in [0.29, 0.717) is 10.8 Å². The number of hydrogen-bond acceptors (Lipinski definition) is 10. The molecule has 0 saturated carbocycles. The Morgan fingerprint density at radius 1 is 1.19 bits per heavy atom. The Labute approximate surface area is 147 Å². The van der Waals surface area contributed by atoms with E-state index >= 15 is 0 Å². The quantitative estimate of drug-likeness (QED) is 0.372. The minimum atomic E-state index is -1.72. The second-order valence-corrected chi connectivity index (χ2v) is 5.77. The third-order valence-corrected chi connectivity index (χ3v) is 4.15. The molecule has 1 amide bonds. The molecule has 2 aliphatic heterocycles. The van der Waals surface area contributed by atoms with Crippen LogP contribution in [0.4, 0.5) is 5.69 Å². The number of rotatable bonds is 4. The summed E-state index contributed by atoms with van der Waals surface area (Å²) in [7, 11) is 1.42. The number of aliphatic hydroxyl groups excluding tert-OH is 4. The first-order valence-corrected chi connectivity index (χ1v) is 7.71. The second kappa shape index (κ2) is 7.32. The Morgan fingerprint density at radius 3 is 2.58 bits per heavy atom. The molecule has 26 heavy (non-hydrogen) atoms. The molecule has 1 fully saturated rings. The highest BCUT2D eigenvalue weighted by Gasteiger charge is 2.47. The molecule has 6 unspecified atom stereocenters. The molecule has 2 heterocycles. The van der Waals surface area contributed by atoms with Crippen molar-refractivity contribution in [2.24, 2.45) is 0 Å². The SMILES string of the molecule is COc1ccc2c(c1)OC(OC1OC(CO)C(O)C(O)C1O)C(=O)N2O. The minimum Gasteiger partial charge on any atom is -0.497 e. The number of hydrogen-bond donors (Lipinski definition) is 5. The molecule has 0 bridgehead atoms. The van der Waals surface area contributed by atoms with Gasteiger partial charge in [0.05, 0.1) is 13.7 Å². The van der Waals surface area contributed by atoms with Crippen molar-refractivity contribution in [3.8, 4) is 11.5 Å². The lowest BCUT2D eigenvalue weighted by molar-refractivity contribution is -0.323. The molecule has 6 atom stereocenters. The molecule has 0 spiro atoms. The molecule has 144 valence electrons. The Bertz CT molecular complexity index is 668. The number of nitrogens with zero attached hydrogens (tertiary/aromatic N) is 1. The highest BCUT2D eigenvalue weighted by Crippen LogP contribution is 2.37. The van der Waals surface area contributed by atoms with Crippen molar-refractivity contribution < 1.29 is 49.4 Å². The van der Waals surface area contributed by atoms with Crippen LogP contribution in [-0.4, -0.2) is 82.3 Å². The maximum absolute atomic E-state index is 12.2. The largest absolute Gasteiger partial charge is 0.497 e. The standard InChI is InChI=1S/C15H19NO10/c1-23-6-2-3-7-8(4-6)24-15(13(21)16(7)22)26-14-12(20)11(19)10(18)9(5-17)25-14/h2-4,9-12,14-15,17-20,22H,5H2,1H3. The van der Waals surface area contributed by atoms with Gasteiger partial charge in [0.25, 0.3) is 6.29 Å². The van der Waals surface area contributed by atoms with Crippen molar-refractivity contribution in [3.05, 3.63) is 18.2 Å². The summed E-state index contributed by atoms with van der Waals surface area (Å²) in [6.45, 7) is -0.656. The predicted octanol–water partition coefficient (Wildman–Crippen LogP) is -2.05. The van der Waals surface area contributed by atoms with Gasteiger partial charge < -0.3 is 39.4 Å². The lowest BCUT2D eigenvalue weighted by Gasteiger charge is -2.41. The molecular weight excluding hydrogens is 354 g/mol. The monoisotopic (exact) mass is 373 g/mol. The summed E-state index contributed by atoms with van der Waals surface area (Å²) in [6.07, 6.45) is -9.49. The van der Waals surface area contributed by atoms with Gasteiger partial charge in [-0.1, -0.05) is 0 Å². The van der Waals surface area contributed by atoms with Crippen LogP contribution >= 0.6 is 0 Å². The van der Waals surface area contributed by atoms with Crippen molar-refractivity contribution in [2.75, 3.05) is 18.8 Å². The lowest BCUT2D eigenvalue weighted by atomic mass is 9.99. The van der Waals surface area contributed by atoms with Crippen LogP contribution in [0.3, 0.4) is 0 Å². The molecule has 11 nitrogen and oxygen atoms in total. The van der Waals surface area contributed by atoms with Crippen LogP contribution in [0.1, 0.15) is 0 Å². The van der Waals surface area contributed by atoms with Gasteiger partial charge in [-0.15, -0.1) is 0 Å². The van der Waals surface area contributed by atoms with Gasteiger partial charge in [0.1, 0.15) is 35.9 Å². The fraction of sp³-hybridized carbons (Fsp3) is 0.533. The second-order valence-electron chi connectivity index (χ2n) is 5.77. The summed E-state index contributed by atoms with van der Waals surface area (Å²) < 4.78 is 20.8. The number of hydroxylamine groups is 1. The zero-order valence-corrected chi connectivity index (χ0v) is 13.6. The first-order valence-electron chi connectivity index (χ1n) is 7.71. The van der Waals surface area contributed by atoms with Gasteiger partial charge in [0.15, 0.2) is 12.0 Å². The van der Waals surface area contributed by atoms with Crippen molar-refractivity contribution in [1.82, 2.24) is 0 Å². The van der Waals surface area contributed by atoms with E-state index in [2.05, 4.69) is 0 Å². The van der Waals surface area contributed by atoms with Crippen LogP contribution in [0, 0.1) is 0 Å². The maximum Gasteiger partial charge on any atom is 0.320 e. The van der Waals surface area contributed by atoms with Crippen LogP contribution < -0.4 is 14.5 Å². The fourth-order valence-corrected chi connectivity index (χ4v) is 2.66. The molecule has 3 rings (SSSR count). The van der Waals surface area contributed by atoms with Crippen molar-refractivity contribution in [3.63, 3.8) is 0 Å². The van der Waals surface area contributed by atoms with Crippen LogP contribution in [0.15, 0.2) is 18.2 Å². The minimum absolute atomic E-state index is 0.0597. The number of methoxy groups -OCH3 is 1. The summed E-state index contributed by atoms with van der Waals surface area (Å²) in [5, 5.41) is 49.0. The van der Waals surface area contributed by atoms with Gasteiger partial charge in [-0.25, -0.2) is 0 Å². The van der Waals surface area contributed by atoms with Crippen LogP contribution in [0.25, 0.3) is 0 Å². The van der Waals surface area contributed by atoms with Crippen molar-refractivity contribution in [2.45, 2.75) is 37.0 Å². The van der Waals surface area contributed by atoms with Crippen molar-refractivity contribution >= 4 is 11.6 Å². The van der Waals surface area contributed by atoms with Crippen LogP contribution in [0.2, 0.25) is 0 Å². The van der Waals surface area contributed by atoms with Gasteiger partial charge >= 0.3 is 5.91 Å². The van der Waals surface area contributed by atoms with E-state index in [1.54, 1.807) is 0 Å². The van der Waals surface area contributed by atoms with E-state index in [9.17, 15) is 30.4 Å². The molecule has 11 heteroatoms. The topological polar surface area (TPSA) is 158 Å². The van der Waals surface area contributed by atoms with Gasteiger partial charge in [0.2, 0.25) is 0 Å². The number of carbonyl (C=O) groups excluding carboxylic acids is 1. The number of anilines is 1. The maximum atomic E-state index is 12.2. The Morgan fingerprint density at radius 2 is 1.92 bits per heavy atom. The molecule has 0 aliphatic carbocycles. The van der Waals surface area contributed by atoms with E-state index in [1.165, 1.54) is 25.3 Å². The Hall–Kier alpha value is -1.99. The Balaban J connectivity index is 1.80. The number of benzene rings is 1. The summed E-state index contributed by atoms with van der Waals surface area (Å²) in [4.78, 5) is 12.2. The molecule has 5 N–H and O–H groups in total. The summed E-state index contributed by atoms with van der Waals surface area (Å²) in [5.41, 5.74) is 0.0597. The average molecular weight is 373 g/mol. The first-order chi connectivity index (χ1) is 12.4. The molecule has 1 aromatic carbocycles. The summed E-state index contributed by atoms with van der Waals surface area (Å²) >= 11 is 0. The van der Waals surface area contributed by atoms with E-state index in [0.717, 1.165) is 0 Å². The van der Waals surface area contributed by atoms with Gasteiger partial charge in [0, 0.05) is 6.07 Å². The molecule has 0 radical (unpaired) electrons. The van der Waals surface area contributed by atoms with Gasteiger partial charge in [-0.05, 0) is 12.1 Å². The van der Waals surface area contributed by atoms with Crippen LogP contribution in [0.5, 0.6) is 11.5 Å². The fourth-order valence-electron chi connectivity index (χ4n) is 2.66. The zero-order chi connectivity index (χ0) is 19.0. The van der Waals surface area contributed by atoms with E-state index in [4.69, 9.17) is 18.9 Å². The first kappa shape index (κ1) is 18.8. The predicted molar refractivity (Wildman–Crippen MR) is 81.5 cm³/mol. The third kappa shape index (κ3) is 3.21. The number of fused-ring (bicyclic) bond motifs is 1. The number of aliphatic hydroxyl groups is 4. The lowest BCUT2D eigenvalue weighted by Crippen LogP contribution is -2.61. The normalized spacial score (nSPS) is 34.2. The van der Waals surface area contributed by atoms with E-state index in [1.807, 2.05) is 0 Å². The number of amides is 1. The third-order valence-electron chi connectivity index (χ3n) is 4.15. The van der Waals surface area contributed by atoms with E-state index in [-0.39, 0.29) is 11.4 Å².